The molecule has 12 heteroatoms. The zero-order valence-electron chi connectivity index (χ0n) is 26.1. The molecule has 6 rings (SSSR count). The van der Waals surface area contributed by atoms with Gasteiger partial charge >= 0.3 is 6.18 Å². The van der Waals surface area contributed by atoms with E-state index >= 15 is 0 Å². The van der Waals surface area contributed by atoms with E-state index in [9.17, 15) is 18.0 Å². The van der Waals surface area contributed by atoms with E-state index in [0.717, 1.165) is 16.8 Å². The molecule has 9 nitrogen and oxygen atoms in total. The molecule has 1 amide bonds. The zero-order chi connectivity index (χ0) is 32.4. The Hall–Kier alpha value is -4.29. The molecule has 2 aliphatic rings. The Morgan fingerprint density at radius 3 is 2.22 bits per heavy atom. The molecule has 0 aliphatic carbocycles. The van der Waals surface area contributed by atoms with Crippen molar-refractivity contribution in [3.63, 3.8) is 0 Å². The minimum absolute atomic E-state index is 0.0539. The van der Waals surface area contributed by atoms with Gasteiger partial charge in [-0.1, -0.05) is 60.7 Å². The summed E-state index contributed by atoms with van der Waals surface area (Å²) >= 11 is 0. The number of halogens is 3. The predicted molar refractivity (Wildman–Crippen MR) is 166 cm³/mol. The fraction of sp³-hybridized carbons (Fsp3) is 0.412. The van der Waals surface area contributed by atoms with Gasteiger partial charge in [-0.3, -0.25) is 14.6 Å². The van der Waals surface area contributed by atoms with Crippen LogP contribution in [0.2, 0.25) is 0 Å². The van der Waals surface area contributed by atoms with Gasteiger partial charge in [0.1, 0.15) is 5.75 Å². The molecule has 0 unspecified atom stereocenters. The fourth-order valence-electron chi connectivity index (χ4n) is 6.85. The van der Waals surface area contributed by atoms with Crippen LogP contribution in [0.4, 0.5) is 13.2 Å². The minimum Gasteiger partial charge on any atom is -0.491 e. The van der Waals surface area contributed by atoms with Crippen molar-refractivity contribution in [2.24, 2.45) is 0 Å². The van der Waals surface area contributed by atoms with Crippen LogP contribution in [0.5, 0.6) is 5.75 Å². The SMILES string of the molecule is CC(=O)N1CCN2[C@H](CN(Cc3cc(-n4nnnc4C(F)(F)F)ccc3OC(C)C)C[C@H]2C(c2ccccc2)c2ccccc2)C1. The van der Waals surface area contributed by atoms with E-state index in [1.807, 2.05) is 30.9 Å². The topological polar surface area (TPSA) is 79.6 Å². The largest absolute Gasteiger partial charge is 0.491 e. The van der Waals surface area contributed by atoms with Crippen molar-refractivity contribution < 1.29 is 22.7 Å². The van der Waals surface area contributed by atoms with Gasteiger partial charge in [0.25, 0.3) is 5.82 Å². The summed E-state index contributed by atoms with van der Waals surface area (Å²) < 4.78 is 48.0. The molecule has 1 aromatic heterocycles. The lowest BCUT2D eigenvalue weighted by Gasteiger charge is -2.53. The van der Waals surface area contributed by atoms with Crippen LogP contribution in [-0.4, -0.2) is 91.7 Å². The number of aromatic nitrogens is 4. The molecular formula is C34H38F3N7O2. The first kappa shape index (κ1) is 31.7. The van der Waals surface area contributed by atoms with Crippen LogP contribution < -0.4 is 4.74 Å². The Morgan fingerprint density at radius 2 is 1.61 bits per heavy atom. The molecular weight excluding hydrogens is 595 g/mol. The number of piperazine rings is 2. The molecule has 46 heavy (non-hydrogen) atoms. The van der Waals surface area contributed by atoms with Crippen molar-refractivity contribution in [3.05, 3.63) is 101 Å². The highest BCUT2D eigenvalue weighted by atomic mass is 19.4. The summed E-state index contributed by atoms with van der Waals surface area (Å²) in [5.74, 6) is -0.483. The lowest BCUT2D eigenvalue weighted by Crippen LogP contribution is -2.67. The predicted octanol–water partition coefficient (Wildman–Crippen LogP) is 5.02. The molecule has 0 spiro atoms. The normalized spacial score (nSPS) is 19.4. The number of alkyl halides is 3. The highest BCUT2D eigenvalue weighted by Gasteiger charge is 2.43. The van der Waals surface area contributed by atoms with Gasteiger partial charge in [0.2, 0.25) is 5.91 Å². The molecule has 4 aromatic rings. The summed E-state index contributed by atoms with van der Waals surface area (Å²) in [6.07, 6.45) is -4.86. The van der Waals surface area contributed by atoms with Crippen LogP contribution in [0.1, 0.15) is 49.2 Å². The average molecular weight is 634 g/mol. The number of hydrogen-bond donors (Lipinski definition) is 0. The van der Waals surface area contributed by atoms with E-state index in [1.165, 1.54) is 11.1 Å². The Kier molecular flexibility index (Phi) is 9.10. The highest BCUT2D eigenvalue weighted by Crippen LogP contribution is 2.37. The van der Waals surface area contributed by atoms with Crippen molar-refractivity contribution in [2.45, 2.75) is 57.6 Å². The summed E-state index contributed by atoms with van der Waals surface area (Å²) in [5, 5.41) is 10.2. The molecule has 3 heterocycles. The Labute approximate surface area is 266 Å². The van der Waals surface area contributed by atoms with Crippen molar-refractivity contribution in [2.75, 3.05) is 32.7 Å². The second kappa shape index (κ2) is 13.2. The summed E-state index contributed by atoms with van der Waals surface area (Å²) in [6, 6.07) is 26.0. The van der Waals surface area contributed by atoms with E-state index in [2.05, 4.69) is 73.9 Å². The molecule has 2 aliphatic heterocycles. The molecule has 0 bridgehead atoms. The number of nitrogens with zero attached hydrogens (tertiary/aromatic N) is 7. The second-order valence-electron chi connectivity index (χ2n) is 12.3. The van der Waals surface area contributed by atoms with Crippen molar-refractivity contribution >= 4 is 5.91 Å². The monoisotopic (exact) mass is 633 g/mol. The number of fused-ring (bicyclic) bond motifs is 1. The first-order valence-electron chi connectivity index (χ1n) is 15.6. The molecule has 0 N–H and O–H groups in total. The number of ether oxygens (including phenoxy) is 1. The Morgan fingerprint density at radius 1 is 0.935 bits per heavy atom. The van der Waals surface area contributed by atoms with Crippen LogP contribution in [0.25, 0.3) is 5.69 Å². The number of benzene rings is 3. The van der Waals surface area contributed by atoms with Gasteiger partial charge in [0.05, 0.1) is 11.8 Å². The van der Waals surface area contributed by atoms with Crippen LogP contribution in [0.15, 0.2) is 78.9 Å². The Balaban J connectivity index is 1.39. The maximum atomic E-state index is 13.7. The van der Waals surface area contributed by atoms with Gasteiger partial charge in [0.15, 0.2) is 0 Å². The number of rotatable bonds is 8. The maximum absolute atomic E-state index is 13.7. The van der Waals surface area contributed by atoms with Crippen molar-refractivity contribution in [1.29, 1.82) is 0 Å². The van der Waals surface area contributed by atoms with E-state index in [-0.39, 0.29) is 35.7 Å². The molecule has 2 atom stereocenters. The lowest BCUT2D eigenvalue weighted by atomic mass is 9.81. The first-order chi connectivity index (χ1) is 22.1. The number of carbonyl (C=O) groups excluding carboxylic acids is 1. The van der Waals surface area contributed by atoms with E-state index in [1.54, 1.807) is 25.1 Å². The van der Waals surface area contributed by atoms with Crippen LogP contribution >= 0.6 is 0 Å². The van der Waals surface area contributed by atoms with Gasteiger partial charge in [-0.15, -0.1) is 5.10 Å². The van der Waals surface area contributed by atoms with Crippen LogP contribution in [0, 0.1) is 0 Å². The molecule has 0 radical (unpaired) electrons. The second-order valence-corrected chi connectivity index (χ2v) is 12.3. The first-order valence-corrected chi connectivity index (χ1v) is 15.6. The van der Waals surface area contributed by atoms with E-state index < -0.39 is 12.0 Å². The van der Waals surface area contributed by atoms with Crippen molar-refractivity contribution in [1.82, 2.24) is 34.9 Å². The summed E-state index contributed by atoms with van der Waals surface area (Å²) in [5.41, 5.74) is 3.35. The minimum atomic E-state index is -4.71. The molecule has 2 fully saturated rings. The van der Waals surface area contributed by atoms with Gasteiger partial charge in [-0.25, -0.2) is 0 Å². The lowest BCUT2D eigenvalue weighted by molar-refractivity contribution is -0.146. The zero-order valence-corrected chi connectivity index (χ0v) is 26.1. The number of tetrazole rings is 1. The molecule has 0 saturated carbocycles. The smallest absolute Gasteiger partial charge is 0.453 e. The average Bonchev–Trinajstić information content (AvgIpc) is 3.54. The molecule has 242 valence electrons. The van der Waals surface area contributed by atoms with Gasteiger partial charge in [-0.05, 0) is 53.6 Å². The Bertz CT molecular complexity index is 1590. The number of amides is 1. The molecule has 3 aromatic carbocycles. The molecule has 2 saturated heterocycles. The van der Waals surface area contributed by atoms with Crippen molar-refractivity contribution in [3.8, 4) is 11.4 Å². The number of hydrogen-bond acceptors (Lipinski definition) is 7. The van der Waals surface area contributed by atoms with E-state index in [0.29, 0.717) is 38.5 Å². The summed E-state index contributed by atoms with van der Waals surface area (Å²) in [4.78, 5) is 19.3. The third kappa shape index (κ3) is 6.78. The van der Waals surface area contributed by atoms with E-state index in [4.69, 9.17) is 4.74 Å². The number of carbonyl (C=O) groups is 1. The van der Waals surface area contributed by atoms with Crippen LogP contribution in [0.3, 0.4) is 0 Å². The quantitative estimate of drug-likeness (QED) is 0.270. The summed E-state index contributed by atoms with van der Waals surface area (Å²) in [7, 11) is 0. The third-order valence-electron chi connectivity index (χ3n) is 8.78. The van der Waals surface area contributed by atoms with Gasteiger partial charge < -0.3 is 9.64 Å². The fourth-order valence-corrected chi connectivity index (χ4v) is 6.85. The highest BCUT2D eigenvalue weighted by molar-refractivity contribution is 5.73. The van der Waals surface area contributed by atoms with Gasteiger partial charge in [-0.2, -0.15) is 17.9 Å². The standard InChI is InChI=1S/C34H38F3N7O2/c1-23(2)46-31-15-14-28(44-33(34(35,36)37)38-39-40-44)18-27(31)19-41-20-29-21-42(24(3)45)16-17-43(29)30(22-41)32(25-10-6-4-7-11-25)26-12-8-5-9-13-26/h4-15,18,23,29-30,32H,16-17,19-22H2,1-3H3/t29-,30+/m1/s1. The maximum Gasteiger partial charge on any atom is 0.453 e. The third-order valence-corrected chi connectivity index (χ3v) is 8.78. The van der Waals surface area contributed by atoms with Gasteiger partial charge in [0, 0.05) is 69.8 Å². The summed E-state index contributed by atoms with van der Waals surface area (Å²) in [6.45, 7) is 9.28. The van der Waals surface area contributed by atoms with Crippen LogP contribution in [-0.2, 0) is 17.5 Å².